The van der Waals surface area contributed by atoms with Crippen molar-refractivity contribution in [1.82, 2.24) is 5.32 Å². The van der Waals surface area contributed by atoms with Crippen molar-refractivity contribution in [1.29, 1.82) is 0 Å². The summed E-state index contributed by atoms with van der Waals surface area (Å²) < 4.78 is 52.3. The number of halogens is 2. The fraction of sp³-hybridized carbons (Fsp3) is 0.278. The van der Waals surface area contributed by atoms with Crippen LogP contribution in [0.4, 0.5) is 25.0 Å². The Labute approximate surface area is 157 Å². The molecule has 0 aromatic heterocycles. The van der Waals surface area contributed by atoms with E-state index in [4.69, 9.17) is 0 Å². The maximum Gasteiger partial charge on any atom is 0.319 e. The number of hydrogen-bond donors (Lipinski definition) is 3. The van der Waals surface area contributed by atoms with E-state index in [1.54, 1.807) is 25.1 Å². The zero-order valence-corrected chi connectivity index (χ0v) is 15.6. The zero-order valence-electron chi connectivity index (χ0n) is 14.8. The van der Waals surface area contributed by atoms with Gasteiger partial charge >= 0.3 is 6.03 Å². The molecule has 0 unspecified atom stereocenters. The van der Waals surface area contributed by atoms with Gasteiger partial charge in [0.25, 0.3) is 0 Å². The minimum Gasteiger partial charge on any atom is -0.338 e. The fourth-order valence-corrected chi connectivity index (χ4v) is 3.54. The maximum absolute atomic E-state index is 13.1. The monoisotopic (exact) mass is 397 g/mol. The van der Waals surface area contributed by atoms with E-state index in [0.717, 1.165) is 6.07 Å². The third-order valence-corrected chi connectivity index (χ3v) is 4.98. The molecule has 0 aliphatic carbocycles. The zero-order chi connectivity index (χ0) is 19.9. The van der Waals surface area contributed by atoms with Gasteiger partial charge in [0.15, 0.2) is 0 Å². The van der Waals surface area contributed by atoms with Gasteiger partial charge in [0.05, 0.1) is 11.4 Å². The van der Waals surface area contributed by atoms with Gasteiger partial charge in [-0.2, -0.15) is 0 Å². The number of nitrogens with one attached hydrogen (secondary N) is 3. The molecule has 9 heteroatoms. The van der Waals surface area contributed by atoms with Gasteiger partial charge in [0.2, 0.25) is 10.0 Å². The van der Waals surface area contributed by atoms with Crippen molar-refractivity contribution in [3.63, 3.8) is 0 Å². The van der Waals surface area contributed by atoms with E-state index in [1.807, 2.05) is 0 Å². The Morgan fingerprint density at radius 2 is 1.70 bits per heavy atom. The summed E-state index contributed by atoms with van der Waals surface area (Å²) in [4.78, 5) is 11.9. The molecule has 146 valence electrons. The smallest absolute Gasteiger partial charge is 0.319 e. The molecule has 2 amide bonds. The van der Waals surface area contributed by atoms with Crippen LogP contribution in [0.15, 0.2) is 42.5 Å². The molecule has 0 saturated heterocycles. The Balaban J connectivity index is 1.87. The number of carbonyl (C=O) groups is 1. The molecular formula is C18H21F2N3O3S. The van der Waals surface area contributed by atoms with E-state index in [2.05, 4.69) is 15.4 Å². The highest BCUT2D eigenvalue weighted by molar-refractivity contribution is 7.92. The van der Waals surface area contributed by atoms with Crippen molar-refractivity contribution in [3.8, 4) is 0 Å². The Bertz CT molecular complexity index is 884. The van der Waals surface area contributed by atoms with Crippen molar-refractivity contribution in [2.45, 2.75) is 19.8 Å². The van der Waals surface area contributed by atoms with E-state index in [9.17, 15) is 22.0 Å². The van der Waals surface area contributed by atoms with Gasteiger partial charge < -0.3 is 10.6 Å². The Kier molecular flexibility index (Phi) is 7.12. The number of anilines is 2. The molecule has 0 heterocycles. The van der Waals surface area contributed by atoms with Crippen LogP contribution >= 0.6 is 0 Å². The second-order valence-corrected chi connectivity index (χ2v) is 7.75. The van der Waals surface area contributed by atoms with Crippen LogP contribution in [-0.4, -0.2) is 26.7 Å². The average molecular weight is 397 g/mol. The lowest BCUT2D eigenvalue weighted by atomic mass is 10.1. The standard InChI is InChI=1S/C18H21F2N3O3S/c1-2-8-27(25,26)23-17-5-3-4-16(12-17)22-18(24)21-7-6-13-9-14(19)11-15(20)10-13/h3-5,9-12,23H,2,6-8H2,1H3,(H2,21,22,24). The molecule has 2 aromatic rings. The molecule has 0 aliphatic rings. The van der Waals surface area contributed by atoms with E-state index < -0.39 is 27.7 Å². The molecule has 0 radical (unpaired) electrons. The van der Waals surface area contributed by atoms with Gasteiger partial charge in [-0.15, -0.1) is 0 Å². The summed E-state index contributed by atoms with van der Waals surface area (Å²) in [6.07, 6.45) is 0.754. The van der Waals surface area contributed by atoms with E-state index in [1.165, 1.54) is 18.2 Å². The maximum atomic E-state index is 13.1. The van der Waals surface area contributed by atoms with E-state index in [-0.39, 0.29) is 18.7 Å². The number of hydrogen-bond acceptors (Lipinski definition) is 3. The van der Waals surface area contributed by atoms with Crippen LogP contribution in [0.1, 0.15) is 18.9 Å². The van der Waals surface area contributed by atoms with Gasteiger partial charge in [-0.1, -0.05) is 13.0 Å². The van der Waals surface area contributed by atoms with Gasteiger partial charge in [0, 0.05) is 18.3 Å². The molecule has 2 aromatic carbocycles. The average Bonchev–Trinajstić information content (AvgIpc) is 2.53. The lowest BCUT2D eigenvalue weighted by molar-refractivity contribution is 0.252. The Morgan fingerprint density at radius 1 is 1.04 bits per heavy atom. The number of rotatable bonds is 8. The molecule has 0 bridgehead atoms. The number of amides is 2. The van der Waals surface area contributed by atoms with Crippen molar-refractivity contribution < 1.29 is 22.0 Å². The Morgan fingerprint density at radius 3 is 2.37 bits per heavy atom. The van der Waals surface area contributed by atoms with Crippen molar-refractivity contribution in [2.24, 2.45) is 0 Å². The minimum atomic E-state index is -3.42. The van der Waals surface area contributed by atoms with E-state index >= 15 is 0 Å². The molecule has 0 aliphatic heterocycles. The van der Waals surface area contributed by atoms with Crippen LogP contribution in [0, 0.1) is 11.6 Å². The van der Waals surface area contributed by atoms with Gasteiger partial charge in [-0.05, 0) is 48.7 Å². The van der Waals surface area contributed by atoms with Gasteiger partial charge in [0.1, 0.15) is 11.6 Å². The second kappa shape index (κ2) is 9.31. The number of benzene rings is 2. The number of urea groups is 1. The highest BCUT2D eigenvalue weighted by Gasteiger charge is 2.09. The van der Waals surface area contributed by atoms with Crippen LogP contribution in [0.2, 0.25) is 0 Å². The van der Waals surface area contributed by atoms with Crippen LogP contribution in [-0.2, 0) is 16.4 Å². The highest BCUT2D eigenvalue weighted by atomic mass is 32.2. The molecule has 2 rings (SSSR count). The lowest BCUT2D eigenvalue weighted by Crippen LogP contribution is -2.30. The first-order valence-corrected chi connectivity index (χ1v) is 10.0. The Hall–Kier alpha value is -2.68. The molecule has 0 spiro atoms. The molecule has 0 saturated carbocycles. The summed E-state index contributed by atoms with van der Waals surface area (Å²) >= 11 is 0. The summed E-state index contributed by atoms with van der Waals surface area (Å²) in [5.41, 5.74) is 1.18. The summed E-state index contributed by atoms with van der Waals surface area (Å²) in [5.74, 6) is -1.33. The van der Waals surface area contributed by atoms with Crippen LogP contribution in [0.5, 0.6) is 0 Å². The largest absolute Gasteiger partial charge is 0.338 e. The first-order valence-electron chi connectivity index (χ1n) is 8.38. The third kappa shape index (κ3) is 7.22. The minimum absolute atomic E-state index is 0.00577. The molecule has 0 fully saturated rings. The predicted octanol–water partition coefficient (Wildman–Crippen LogP) is 3.48. The van der Waals surface area contributed by atoms with Crippen LogP contribution in [0.25, 0.3) is 0 Å². The SMILES string of the molecule is CCCS(=O)(=O)Nc1cccc(NC(=O)NCCc2cc(F)cc(F)c2)c1. The highest BCUT2D eigenvalue weighted by Crippen LogP contribution is 2.16. The summed E-state index contributed by atoms with van der Waals surface area (Å²) in [6.45, 7) is 1.94. The normalized spacial score (nSPS) is 11.1. The summed E-state index contributed by atoms with van der Waals surface area (Å²) in [7, 11) is -3.42. The van der Waals surface area contributed by atoms with Crippen LogP contribution in [0.3, 0.4) is 0 Å². The van der Waals surface area contributed by atoms with Crippen molar-refractivity contribution in [3.05, 3.63) is 59.7 Å². The number of sulfonamides is 1. The first-order chi connectivity index (χ1) is 12.8. The lowest BCUT2D eigenvalue weighted by Gasteiger charge is -2.11. The topological polar surface area (TPSA) is 87.3 Å². The van der Waals surface area contributed by atoms with E-state index in [0.29, 0.717) is 23.4 Å². The molecule has 3 N–H and O–H groups in total. The predicted molar refractivity (Wildman–Crippen MR) is 101 cm³/mol. The first kappa shape index (κ1) is 20.6. The molecule has 6 nitrogen and oxygen atoms in total. The molecule has 27 heavy (non-hydrogen) atoms. The van der Waals surface area contributed by atoms with Crippen molar-refractivity contribution in [2.75, 3.05) is 22.3 Å². The second-order valence-electron chi connectivity index (χ2n) is 5.91. The fourth-order valence-electron chi connectivity index (χ4n) is 2.41. The van der Waals surface area contributed by atoms with Crippen LogP contribution < -0.4 is 15.4 Å². The van der Waals surface area contributed by atoms with Gasteiger partial charge in [-0.3, -0.25) is 4.72 Å². The quantitative estimate of drug-likeness (QED) is 0.637. The molecular weight excluding hydrogens is 376 g/mol. The third-order valence-electron chi connectivity index (χ3n) is 3.49. The summed E-state index contributed by atoms with van der Waals surface area (Å²) in [5, 5.41) is 5.15. The van der Waals surface area contributed by atoms with Crippen molar-refractivity contribution >= 4 is 27.4 Å². The summed E-state index contributed by atoms with van der Waals surface area (Å²) in [6, 6.07) is 8.96. The molecule has 0 atom stereocenters. The van der Waals surface area contributed by atoms with Gasteiger partial charge in [-0.25, -0.2) is 22.0 Å². The number of carbonyl (C=O) groups excluding carboxylic acids is 1.